The third-order valence-electron chi connectivity index (χ3n) is 7.89. The lowest BCUT2D eigenvalue weighted by molar-refractivity contribution is 0.209. The first-order chi connectivity index (χ1) is 20.8. The number of piperazine rings is 1. The van der Waals surface area contributed by atoms with Crippen molar-refractivity contribution >= 4 is 40.0 Å². The molecule has 6 rings (SSSR count). The number of anilines is 3. The van der Waals surface area contributed by atoms with Gasteiger partial charge in [0.2, 0.25) is 5.95 Å². The van der Waals surface area contributed by atoms with Crippen LogP contribution in [0.15, 0.2) is 72.2 Å². The predicted molar refractivity (Wildman–Crippen MR) is 170 cm³/mol. The summed E-state index contributed by atoms with van der Waals surface area (Å²) >= 11 is 6.67. The van der Waals surface area contributed by atoms with Gasteiger partial charge in [-0.2, -0.15) is 4.98 Å². The third-order valence-corrected chi connectivity index (χ3v) is 8.20. The molecule has 0 saturated carbocycles. The summed E-state index contributed by atoms with van der Waals surface area (Å²) in [6, 6.07) is 12.8. The summed E-state index contributed by atoms with van der Waals surface area (Å²) < 4.78 is 16.8. The minimum absolute atomic E-state index is 0.217. The van der Waals surface area contributed by atoms with Crippen molar-refractivity contribution in [3.63, 3.8) is 0 Å². The second kappa shape index (κ2) is 12.1. The van der Waals surface area contributed by atoms with Gasteiger partial charge in [0.1, 0.15) is 17.8 Å². The van der Waals surface area contributed by atoms with Crippen LogP contribution in [0.2, 0.25) is 5.02 Å². The first-order valence-corrected chi connectivity index (χ1v) is 14.7. The standard InChI is InChI=1S/C32H32ClFN8O/c1-4-42-30-22(13-26(31(42)43)25-7-5-21(14-27(25)33)23-16-35-19-36-17-23)18-37-32(39-30)38-24-6-8-29(28(34)15-24)41-11-9-40(10-12-41)20(2)3/h5-8,13-20H,4,9-12H2,1-3H3,(H,37,38,39). The van der Waals surface area contributed by atoms with Crippen molar-refractivity contribution < 1.29 is 4.39 Å². The van der Waals surface area contributed by atoms with Crippen molar-refractivity contribution in [1.82, 2.24) is 29.4 Å². The minimum atomic E-state index is -0.304. The number of hydrogen-bond donors (Lipinski definition) is 1. The molecule has 9 nitrogen and oxygen atoms in total. The number of nitrogens with zero attached hydrogens (tertiary/aromatic N) is 7. The SMILES string of the molecule is CCn1c(=O)c(-c2ccc(-c3cncnc3)cc2Cl)cc2cnc(Nc3ccc(N4CCN(C(C)C)CC4)c(F)c3)nc21. The highest BCUT2D eigenvalue weighted by Crippen LogP contribution is 2.32. The number of benzene rings is 2. The zero-order chi connectivity index (χ0) is 30.1. The van der Waals surface area contributed by atoms with Crippen molar-refractivity contribution in [2.24, 2.45) is 0 Å². The van der Waals surface area contributed by atoms with E-state index >= 15 is 4.39 Å². The summed E-state index contributed by atoms with van der Waals surface area (Å²) in [4.78, 5) is 35.3. The van der Waals surface area contributed by atoms with Crippen molar-refractivity contribution in [3.05, 3.63) is 88.6 Å². The van der Waals surface area contributed by atoms with Crippen LogP contribution in [0.1, 0.15) is 20.8 Å². The van der Waals surface area contributed by atoms with E-state index in [1.165, 1.54) is 12.4 Å². The maximum absolute atomic E-state index is 15.2. The van der Waals surface area contributed by atoms with Gasteiger partial charge in [-0.05, 0) is 56.7 Å². The van der Waals surface area contributed by atoms with Gasteiger partial charge in [-0.1, -0.05) is 23.7 Å². The third kappa shape index (κ3) is 5.80. The topological polar surface area (TPSA) is 92.1 Å². The molecule has 2 aromatic carbocycles. The summed E-state index contributed by atoms with van der Waals surface area (Å²) in [5, 5.41) is 4.22. The quantitative estimate of drug-likeness (QED) is 0.244. The summed E-state index contributed by atoms with van der Waals surface area (Å²) in [6.07, 6.45) is 6.54. The van der Waals surface area contributed by atoms with E-state index in [0.717, 1.165) is 37.3 Å². The average molecular weight is 599 g/mol. The zero-order valence-corrected chi connectivity index (χ0v) is 25.0. The molecule has 5 aromatic rings. The van der Waals surface area contributed by atoms with Gasteiger partial charge in [-0.25, -0.2) is 19.3 Å². The van der Waals surface area contributed by atoms with Gasteiger partial charge >= 0.3 is 0 Å². The molecule has 0 amide bonds. The maximum atomic E-state index is 15.2. The molecule has 0 unspecified atom stereocenters. The smallest absolute Gasteiger partial charge is 0.260 e. The van der Waals surface area contributed by atoms with Crippen LogP contribution in [0.5, 0.6) is 0 Å². The van der Waals surface area contributed by atoms with Crippen molar-refractivity contribution in [1.29, 1.82) is 0 Å². The summed E-state index contributed by atoms with van der Waals surface area (Å²) in [6.45, 7) is 10.0. The van der Waals surface area contributed by atoms with Crippen LogP contribution in [0.25, 0.3) is 33.3 Å². The molecule has 11 heteroatoms. The second-order valence-corrected chi connectivity index (χ2v) is 11.2. The molecular formula is C32H32ClFN8O. The Balaban J connectivity index is 1.26. The van der Waals surface area contributed by atoms with Crippen molar-refractivity contribution in [3.8, 4) is 22.3 Å². The molecule has 1 N–H and O–H groups in total. The molecule has 43 heavy (non-hydrogen) atoms. The number of pyridine rings is 1. The van der Waals surface area contributed by atoms with E-state index in [9.17, 15) is 4.79 Å². The van der Waals surface area contributed by atoms with E-state index in [1.54, 1.807) is 41.4 Å². The molecule has 220 valence electrons. The molecule has 1 aliphatic heterocycles. The molecule has 1 fully saturated rings. The molecule has 0 aliphatic carbocycles. The summed E-state index contributed by atoms with van der Waals surface area (Å²) in [5.41, 5.74) is 4.11. The lowest BCUT2D eigenvalue weighted by Gasteiger charge is -2.38. The Morgan fingerprint density at radius 1 is 0.953 bits per heavy atom. The largest absolute Gasteiger partial charge is 0.367 e. The first kappa shape index (κ1) is 28.7. The Bertz CT molecular complexity index is 1840. The van der Waals surface area contributed by atoms with Crippen LogP contribution < -0.4 is 15.8 Å². The molecule has 1 aliphatic rings. The maximum Gasteiger partial charge on any atom is 0.260 e. The Hall–Kier alpha value is -4.41. The van der Waals surface area contributed by atoms with Crippen LogP contribution in [0.4, 0.5) is 21.7 Å². The molecule has 0 radical (unpaired) electrons. The number of nitrogens with one attached hydrogen (secondary N) is 1. The van der Waals surface area contributed by atoms with Gasteiger partial charge in [0.05, 0.1) is 5.69 Å². The number of fused-ring (bicyclic) bond motifs is 1. The predicted octanol–water partition coefficient (Wildman–Crippen LogP) is 6.00. The van der Waals surface area contributed by atoms with Crippen molar-refractivity contribution in [2.45, 2.75) is 33.4 Å². The van der Waals surface area contributed by atoms with Crippen molar-refractivity contribution in [2.75, 3.05) is 36.4 Å². The highest BCUT2D eigenvalue weighted by Gasteiger charge is 2.21. The molecular weight excluding hydrogens is 567 g/mol. The number of aromatic nitrogens is 5. The van der Waals surface area contributed by atoms with E-state index in [4.69, 9.17) is 11.6 Å². The highest BCUT2D eigenvalue weighted by molar-refractivity contribution is 6.33. The van der Waals surface area contributed by atoms with Crippen LogP contribution >= 0.6 is 11.6 Å². The van der Waals surface area contributed by atoms with E-state index in [0.29, 0.717) is 51.1 Å². The Labute approximate surface area is 254 Å². The van der Waals surface area contributed by atoms with Gasteiger partial charge in [0, 0.05) is 90.1 Å². The lowest BCUT2D eigenvalue weighted by Crippen LogP contribution is -2.49. The fourth-order valence-electron chi connectivity index (χ4n) is 5.52. The molecule has 1 saturated heterocycles. The van der Waals surface area contributed by atoms with Crippen LogP contribution in [0.3, 0.4) is 0 Å². The first-order valence-electron chi connectivity index (χ1n) is 14.3. The number of halogens is 2. The molecule has 0 spiro atoms. The fraction of sp³-hybridized carbons (Fsp3) is 0.281. The molecule has 0 atom stereocenters. The van der Waals surface area contributed by atoms with E-state index < -0.39 is 0 Å². The Kier molecular flexibility index (Phi) is 8.05. The summed E-state index contributed by atoms with van der Waals surface area (Å²) in [5.74, 6) is -0.0337. The number of rotatable bonds is 7. The van der Waals surface area contributed by atoms with Gasteiger partial charge < -0.3 is 10.2 Å². The van der Waals surface area contributed by atoms with Gasteiger partial charge in [-0.3, -0.25) is 14.3 Å². The van der Waals surface area contributed by atoms with E-state index in [1.807, 2.05) is 25.1 Å². The fourth-order valence-corrected chi connectivity index (χ4v) is 5.80. The van der Waals surface area contributed by atoms with Crippen LogP contribution in [-0.2, 0) is 6.54 Å². The number of hydrogen-bond acceptors (Lipinski definition) is 8. The van der Waals surface area contributed by atoms with E-state index in [2.05, 4.69) is 48.9 Å². The van der Waals surface area contributed by atoms with E-state index in [-0.39, 0.29) is 17.3 Å². The van der Waals surface area contributed by atoms with Gasteiger partial charge in [-0.15, -0.1) is 0 Å². The average Bonchev–Trinajstić information content (AvgIpc) is 3.01. The Morgan fingerprint density at radius 2 is 1.72 bits per heavy atom. The highest BCUT2D eigenvalue weighted by atomic mass is 35.5. The molecule has 0 bridgehead atoms. The zero-order valence-electron chi connectivity index (χ0n) is 24.3. The van der Waals surface area contributed by atoms with Crippen LogP contribution in [0, 0.1) is 5.82 Å². The van der Waals surface area contributed by atoms with Gasteiger partial charge in [0.25, 0.3) is 5.56 Å². The Morgan fingerprint density at radius 3 is 2.40 bits per heavy atom. The van der Waals surface area contributed by atoms with Gasteiger partial charge in [0.15, 0.2) is 0 Å². The molecule has 3 aromatic heterocycles. The van der Waals surface area contributed by atoms with Crippen LogP contribution in [-0.4, -0.2) is 61.6 Å². The summed E-state index contributed by atoms with van der Waals surface area (Å²) in [7, 11) is 0. The second-order valence-electron chi connectivity index (χ2n) is 10.8. The lowest BCUT2D eigenvalue weighted by atomic mass is 10.0. The minimum Gasteiger partial charge on any atom is -0.367 e. The monoisotopic (exact) mass is 598 g/mol. The normalized spacial score (nSPS) is 14.0. The number of aryl methyl sites for hydroxylation is 1. The molecule has 4 heterocycles.